The Balaban J connectivity index is 0.000000512. The highest BCUT2D eigenvalue weighted by Gasteiger charge is 2.30. The van der Waals surface area contributed by atoms with E-state index in [-0.39, 0.29) is 11.8 Å². The van der Waals surface area contributed by atoms with Crippen molar-refractivity contribution < 1.29 is 30.0 Å². The molecule has 0 saturated heterocycles. The molecule has 7 N–H and O–H groups in total. The number of amides is 1. The Morgan fingerprint density at radius 3 is 1.94 bits per heavy atom. The molecule has 176 valence electrons. The largest absolute Gasteiger partial charge is 0.480 e. The molecule has 0 aromatic heterocycles. The van der Waals surface area contributed by atoms with Gasteiger partial charge in [0.1, 0.15) is 6.04 Å². The minimum absolute atomic E-state index is 0.0392. The van der Waals surface area contributed by atoms with E-state index >= 15 is 0 Å². The number of aliphatic hydroxyl groups is 3. The predicted molar refractivity (Wildman–Crippen MR) is 118 cm³/mol. The zero-order valence-corrected chi connectivity index (χ0v) is 18.5. The Morgan fingerprint density at radius 2 is 1.55 bits per heavy atom. The number of carbonyl (C=O) groups excluding carboxylic acids is 1. The number of carbonyl (C=O) groups is 2. The molecule has 8 heteroatoms. The second-order valence-corrected chi connectivity index (χ2v) is 8.78. The number of nitrogens with two attached hydrogens (primary N) is 1. The van der Waals surface area contributed by atoms with Crippen LogP contribution in [-0.2, 0) is 16.0 Å². The fourth-order valence-electron chi connectivity index (χ4n) is 3.54. The van der Waals surface area contributed by atoms with Crippen molar-refractivity contribution in [2.24, 2.45) is 23.5 Å². The van der Waals surface area contributed by atoms with Crippen LogP contribution in [0, 0.1) is 17.8 Å². The molecule has 0 spiro atoms. The number of aliphatic carboxylic acids is 1. The molecule has 1 aromatic carbocycles. The van der Waals surface area contributed by atoms with E-state index in [2.05, 4.69) is 19.2 Å². The van der Waals surface area contributed by atoms with Crippen molar-refractivity contribution in [1.82, 2.24) is 5.32 Å². The van der Waals surface area contributed by atoms with Crippen molar-refractivity contribution in [3.05, 3.63) is 35.9 Å². The molecule has 31 heavy (non-hydrogen) atoms. The molecule has 0 heterocycles. The first kappa shape index (κ1) is 27.0. The van der Waals surface area contributed by atoms with Gasteiger partial charge in [-0.1, -0.05) is 44.2 Å². The number of nitrogens with one attached hydrogen (secondary N) is 1. The molecule has 0 aliphatic heterocycles. The molecule has 1 aromatic rings. The first-order valence-corrected chi connectivity index (χ1v) is 10.8. The number of benzene rings is 1. The molecule has 1 atom stereocenters. The van der Waals surface area contributed by atoms with E-state index in [0.29, 0.717) is 18.3 Å². The molecular weight excluding hydrogens is 400 g/mol. The van der Waals surface area contributed by atoms with Crippen molar-refractivity contribution in [1.29, 1.82) is 0 Å². The van der Waals surface area contributed by atoms with Gasteiger partial charge in [0.2, 0.25) is 5.91 Å². The van der Waals surface area contributed by atoms with Gasteiger partial charge in [0.05, 0.1) is 25.4 Å². The Labute approximate surface area is 184 Å². The van der Waals surface area contributed by atoms with Gasteiger partial charge in [-0.3, -0.25) is 4.79 Å². The molecule has 0 radical (unpaired) electrons. The number of carboxylic acid groups (broad SMARTS) is 1. The van der Waals surface area contributed by atoms with Crippen molar-refractivity contribution in [2.45, 2.75) is 57.5 Å². The summed E-state index contributed by atoms with van der Waals surface area (Å²) in [5, 5.41) is 37.1. The number of carboxylic acids is 1. The van der Waals surface area contributed by atoms with Gasteiger partial charge < -0.3 is 31.5 Å². The quantitative estimate of drug-likeness (QED) is 0.335. The minimum atomic E-state index is -1.21. The maximum absolute atomic E-state index is 12.4. The predicted octanol–water partition coefficient (Wildman–Crippen LogP) is 0.922. The van der Waals surface area contributed by atoms with Crippen LogP contribution in [0.1, 0.15) is 45.1 Å². The zero-order valence-electron chi connectivity index (χ0n) is 18.5. The first-order chi connectivity index (χ1) is 14.7. The van der Waals surface area contributed by atoms with Crippen LogP contribution in [0.2, 0.25) is 0 Å². The van der Waals surface area contributed by atoms with Gasteiger partial charge in [0, 0.05) is 12.3 Å². The van der Waals surface area contributed by atoms with Crippen molar-refractivity contribution in [2.75, 3.05) is 19.8 Å². The Bertz CT molecular complexity index is 647. The van der Waals surface area contributed by atoms with E-state index in [1.165, 1.54) is 0 Å². The number of hydrogen-bond donors (Lipinski definition) is 6. The monoisotopic (exact) mass is 438 g/mol. The van der Waals surface area contributed by atoms with Gasteiger partial charge in [-0.15, -0.1) is 0 Å². The summed E-state index contributed by atoms with van der Waals surface area (Å²) in [6.07, 6.45) is 4.18. The van der Waals surface area contributed by atoms with Crippen molar-refractivity contribution >= 4 is 11.9 Å². The molecule has 1 fully saturated rings. The molecule has 1 amide bonds. The van der Waals surface area contributed by atoms with E-state index in [0.717, 1.165) is 31.2 Å². The summed E-state index contributed by atoms with van der Waals surface area (Å²) < 4.78 is 0. The van der Waals surface area contributed by atoms with Gasteiger partial charge in [-0.25, -0.2) is 4.79 Å². The third kappa shape index (κ3) is 9.35. The van der Waals surface area contributed by atoms with Crippen LogP contribution in [0.25, 0.3) is 0 Å². The summed E-state index contributed by atoms with van der Waals surface area (Å²) in [5.74, 6) is 0.235. The molecule has 0 bridgehead atoms. The van der Waals surface area contributed by atoms with E-state index in [9.17, 15) is 14.7 Å². The molecule has 0 unspecified atom stereocenters. The molecular formula is C23H38N2O6. The number of aliphatic hydroxyl groups excluding tert-OH is 3. The van der Waals surface area contributed by atoms with Gasteiger partial charge in [-0.05, 0) is 43.1 Å². The fourth-order valence-corrected chi connectivity index (χ4v) is 3.54. The van der Waals surface area contributed by atoms with Crippen LogP contribution in [0.15, 0.2) is 30.3 Å². The van der Waals surface area contributed by atoms with Gasteiger partial charge in [0.25, 0.3) is 0 Å². The highest BCUT2D eigenvalue weighted by Crippen LogP contribution is 2.33. The summed E-state index contributed by atoms with van der Waals surface area (Å²) in [5.41, 5.74) is 4.86. The van der Waals surface area contributed by atoms with Crippen LogP contribution in [-0.4, -0.2) is 63.7 Å². The third-order valence-corrected chi connectivity index (χ3v) is 5.93. The Kier molecular flexibility index (Phi) is 11.7. The Hall–Kier alpha value is -2.00. The Morgan fingerprint density at radius 1 is 1.03 bits per heavy atom. The smallest absolute Gasteiger partial charge is 0.326 e. The number of rotatable bonds is 9. The minimum Gasteiger partial charge on any atom is -0.480 e. The van der Waals surface area contributed by atoms with Gasteiger partial charge >= 0.3 is 5.97 Å². The van der Waals surface area contributed by atoms with Gasteiger partial charge in [-0.2, -0.15) is 0 Å². The van der Waals surface area contributed by atoms with E-state index in [1.54, 1.807) is 0 Å². The third-order valence-electron chi connectivity index (χ3n) is 5.93. The standard InChI is InChI=1S/C19H27NO3.C4H11NO3/c1-13(2)15-8-10-16(11-9-15)18(21)20-17(19(22)23)12-14-6-4-3-5-7-14;5-4(1-6,2-7)3-8/h3-7,13,15-17H,8-12H2,1-2H3,(H,20,21)(H,22,23);6-8H,1-3,5H2/t15?,16?,17-;/m1./s1. The topological polar surface area (TPSA) is 153 Å². The number of hydrogen-bond acceptors (Lipinski definition) is 6. The normalized spacial score (nSPS) is 19.8. The van der Waals surface area contributed by atoms with Crippen LogP contribution in [0.4, 0.5) is 0 Å². The average Bonchev–Trinajstić information content (AvgIpc) is 2.79. The second kappa shape index (κ2) is 13.4. The maximum Gasteiger partial charge on any atom is 0.326 e. The lowest BCUT2D eigenvalue weighted by Crippen LogP contribution is -2.50. The second-order valence-electron chi connectivity index (χ2n) is 8.78. The lowest BCUT2D eigenvalue weighted by Gasteiger charge is -2.30. The highest BCUT2D eigenvalue weighted by atomic mass is 16.4. The average molecular weight is 439 g/mol. The summed E-state index contributed by atoms with van der Waals surface area (Å²) in [6, 6.07) is 8.57. The zero-order chi connectivity index (χ0) is 23.4. The van der Waals surface area contributed by atoms with E-state index in [1.807, 2.05) is 30.3 Å². The van der Waals surface area contributed by atoms with Crippen LogP contribution < -0.4 is 11.1 Å². The van der Waals surface area contributed by atoms with Crippen molar-refractivity contribution in [3.63, 3.8) is 0 Å². The lowest BCUT2D eigenvalue weighted by atomic mass is 9.76. The van der Waals surface area contributed by atoms with E-state index in [4.69, 9.17) is 21.1 Å². The van der Waals surface area contributed by atoms with Crippen LogP contribution >= 0.6 is 0 Å². The van der Waals surface area contributed by atoms with Crippen LogP contribution in [0.3, 0.4) is 0 Å². The van der Waals surface area contributed by atoms with Crippen LogP contribution in [0.5, 0.6) is 0 Å². The SMILES string of the molecule is CC(C)C1CCC(C(=O)N[C@H](Cc2ccccc2)C(=O)O)CC1.NC(CO)(CO)CO. The molecule has 1 aliphatic rings. The fraction of sp³-hybridized carbons (Fsp3) is 0.652. The summed E-state index contributed by atoms with van der Waals surface area (Å²) in [6.45, 7) is 3.25. The van der Waals surface area contributed by atoms with E-state index < -0.39 is 37.4 Å². The van der Waals surface area contributed by atoms with Gasteiger partial charge in [0.15, 0.2) is 0 Å². The highest BCUT2D eigenvalue weighted by molar-refractivity contribution is 5.85. The molecule has 1 aliphatic carbocycles. The lowest BCUT2D eigenvalue weighted by molar-refractivity contribution is -0.142. The summed E-state index contributed by atoms with van der Waals surface area (Å²) in [4.78, 5) is 23.9. The summed E-state index contributed by atoms with van der Waals surface area (Å²) >= 11 is 0. The maximum atomic E-state index is 12.4. The molecule has 2 rings (SSSR count). The molecule has 8 nitrogen and oxygen atoms in total. The van der Waals surface area contributed by atoms with Crippen molar-refractivity contribution in [3.8, 4) is 0 Å². The molecule has 1 saturated carbocycles. The summed E-state index contributed by atoms with van der Waals surface area (Å²) in [7, 11) is 0. The first-order valence-electron chi connectivity index (χ1n) is 10.8.